The molecule has 0 aliphatic heterocycles. The van der Waals surface area contributed by atoms with Gasteiger partial charge >= 0.3 is 6.03 Å². The smallest absolute Gasteiger partial charge is 0.320 e. The number of hydrogen-bond acceptors (Lipinski definition) is 4. The first-order valence-electron chi connectivity index (χ1n) is 8.76. The van der Waals surface area contributed by atoms with Gasteiger partial charge in [-0.3, -0.25) is 10.00 Å². The van der Waals surface area contributed by atoms with Gasteiger partial charge in [0.05, 0.1) is 41.4 Å². The van der Waals surface area contributed by atoms with Gasteiger partial charge in [-0.15, -0.1) is 0 Å². The molecule has 29 heavy (non-hydrogen) atoms. The lowest BCUT2D eigenvalue weighted by Crippen LogP contribution is -2.31. The normalized spacial score (nSPS) is 12.1. The zero-order chi connectivity index (χ0) is 20.5. The van der Waals surface area contributed by atoms with Crippen molar-refractivity contribution in [3.63, 3.8) is 0 Å². The van der Waals surface area contributed by atoms with Crippen LogP contribution in [0, 0.1) is 5.82 Å². The fourth-order valence-corrected chi connectivity index (χ4v) is 3.12. The number of fused-ring (bicyclic) bond motifs is 1. The molecule has 2 N–H and O–H groups in total. The summed E-state index contributed by atoms with van der Waals surface area (Å²) in [5, 5.41) is 14.8. The van der Waals surface area contributed by atoms with E-state index in [1.54, 1.807) is 47.0 Å². The summed E-state index contributed by atoms with van der Waals surface area (Å²) < 4.78 is 16.7. The first-order valence-corrected chi connectivity index (χ1v) is 9.14. The Hall–Kier alpha value is -3.46. The van der Waals surface area contributed by atoms with E-state index in [0.717, 1.165) is 16.6 Å². The number of nitrogens with zero attached hydrogens (tertiary/aromatic N) is 5. The van der Waals surface area contributed by atoms with Gasteiger partial charge in [-0.2, -0.15) is 10.2 Å². The number of rotatable bonds is 4. The maximum Gasteiger partial charge on any atom is 0.320 e. The summed E-state index contributed by atoms with van der Waals surface area (Å²) in [5.41, 5.74) is 2.29. The second-order valence-corrected chi connectivity index (χ2v) is 6.96. The molecule has 2 amide bonds. The van der Waals surface area contributed by atoms with Crippen molar-refractivity contribution in [2.75, 3.05) is 5.32 Å². The highest BCUT2D eigenvalue weighted by molar-refractivity contribution is 6.30. The molecule has 0 unspecified atom stereocenters. The Balaban J connectivity index is 1.47. The largest absolute Gasteiger partial charge is 0.331 e. The molecule has 0 aliphatic carbocycles. The van der Waals surface area contributed by atoms with Gasteiger partial charge in [-0.05, 0) is 30.7 Å². The number of benzene rings is 1. The summed E-state index contributed by atoms with van der Waals surface area (Å²) in [6.07, 6.45) is 6.87. The minimum absolute atomic E-state index is 0.00862. The molecule has 8 nitrogen and oxygen atoms in total. The van der Waals surface area contributed by atoms with Crippen molar-refractivity contribution in [1.82, 2.24) is 29.9 Å². The van der Waals surface area contributed by atoms with Crippen molar-refractivity contribution in [1.29, 1.82) is 0 Å². The number of urea groups is 1. The minimum Gasteiger partial charge on any atom is -0.331 e. The first kappa shape index (κ1) is 18.9. The zero-order valence-electron chi connectivity index (χ0n) is 15.6. The summed E-state index contributed by atoms with van der Waals surface area (Å²) >= 11 is 5.80. The number of carbonyl (C=O) groups is 1. The fourth-order valence-electron chi connectivity index (χ4n) is 2.93. The quantitative estimate of drug-likeness (QED) is 0.532. The van der Waals surface area contributed by atoms with Gasteiger partial charge in [-0.25, -0.2) is 18.9 Å². The number of carbonyl (C=O) groups excluding carboxylic acids is 1. The third kappa shape index (κ3) is 3.90. The van der Waals surface area contributed by atoms with Crippen LogP contribution in [0.25, 0.3) is 16.6 Å². The van der Waals surface area contributed by atoms with Gasteiger partial charge in [0.2, 0.25) is 0 Å². The number of pyridine rings is 1. The van der Waals surface area contributed by atoms with Gasteiger partial charge in [0.25, 0.3) is 0 Å². The van der Waals surface area contributed by atoms with Crippen LogP contribution in [0.4, 0.5) is 15.0 Å². The molecule has 3 heterocycles. The van der Waals surface area contributed by atoms with Crippen LogP contribution in [-0.2, 0) is 7.05 Å². The molecule has 0 fully saturated rings. The summed E-state index contributed by atoms with van der Waals surface area (Å²) in [5.74, 6) is -0.124. The van der Waals surface area contributed by atoms with Crippen LogP contribution in [0.1, 0.15) is 18.5 Å². The van der Waals surface area contributed by atoms with Crippen LogP contribution in [0.2, 0.25) is 5.02 Å². The van der Waals surface area contributed by atoms with Crippen molar-refractivity contribution in [3.05, 3.63) is 65.5 Å². The Kier molecular flexibility index (Phi) is 4.89. The highest BCUT2D eigenvalue weighted by Gasteiger charge is 2.13. The molecule has 0 bridgehead atoms. The molecule has 10 heteroatoms. The summed E-state index contributed by atoms with van der Waals surface area (Å²) in [6.45, 7) is 1.78. The van der Waals surface area contributed by atoms with Crippen LogP contribution < -0.4 is 10.6 Å². The fraction of sp³-hybridized carbons (Fsp3) is 0.158. The number of hydrogen-bond donors (Lipinski definition) is 2. The lowest BCUT2D eigenvalue weighted by molar-refractivity contribution is 0.249. The molecule has 0 saturated carbocycles. The predicted octanol–water partition coefficient (Wildman–Crippen LogP) is 3.83. The van der Waals surface area contributed by atoms with Gasteiger partial charge in [0.1, 0.15) is 17.3 Å². The molecular formula is C19H17ClFN7O. The minimum atomic E-state index is -0.503. The van der Waals surface area contributed by atoms with Crippen molar-refractivity contribution in [2.45, 2.75) is 13.0 Å². The Morgan fingerprint density at radius 3 is 2.76 bits per heavy atom. The molecule has 0 radical (unpaired) electrons. The van der Waals surface area contributed by atoms with Crippen molar-refractivity contribution in [2.24, 2.45) is 7.05 Å². The van der Waals surface area contributed by atoms with E-state index in [9.17, 15) is 9.18 Å². The summed E-state index contributed by atoms with van der Waals surface area (Å²) in [7, 11) is 1.83. The van der Waals surface area contributed by atoms with Crippen molar-refractivity contribution in [3.8, 4) is 5.69 Å². The first-order chi connectivity index (χ1) is 13.9. The van der Waals surface area contributed by atoms with Crippen molar-refractivity contribution < 1.29 is 9.18 Å². The van der Waals surface area contributed by atoms with E-state index < -0.39 is 11.8 Å². The molecule has 1 aromatic carbocycles. The number of nitrogens with one attached hydrogen (secondary N) is 2. The Morgan fingerprint density at radius 1 is 1.21 bits per heavy atom. The third-order valence-electron chi connectivity index (χ3n) is 4.42. The summed E-state index contributed by atoms with van der Waals surface area (Å²) in [6, 6.07) is 5.24. The van der Waals surface area contributed by atoms with Crippen LogP contribution in [0.5, 0.6) is 0 Å². The number of amides is 2. The lowest BCUT2D eigenvalue weighted by atomic mass is 10.1. The summed E-state index contributed by atoms with van der Waals surface area (Å²) in [4.78, 5) is 16.6. The van der Waals surface area contributed by atoms with Gasteiger partial charge in [0, 0.05) is 12.4 Å². The highest BCUT2D eigenvalue weighted by atomic mass is 35.5. The van der Waals surface area contributed by atoms with Crippen LogP contribution >= 0.6 is 11.6 Å². The number of halogens is 2. The predicted molar refractivity (Wildman–Crippen MR) is 108 cm³/mol. The molecule has 0 aliphatic rings. The van der Waals surface area contributed by atoms with Crippen LogP contribution in [0.3, 0.4) is 0 Å². The topological polar surface area (TPSA) is 89.7 Å². The zero-order valence-corrected chi connectivity index (χ0v) is 16.4. The van der Waals surface area contributed by atoms with E-state index in [4.69, 9.17) is 11.6 Å². The maximum absolute atomic E-state index is 13.3. The number of aryl methyl sites for hydroxylation is 1. The van der Waals surface area contributed by atoms with Crippen LogP contribution in [-0.4, -0.2) is 30.6 Å². The van der Waals surface area contributed by atoms with Gasteiger partial charge in [0.15, 0.2) is 0 Å². The molecule has 0 spiro atoms. The monoisotopic (exact) mass is 413 g/mol. The Bertz CT molecular complexity index is 1200. The second-order valence-electron chi connectivity index (χ2n) is 6.55. The standard InChI is InChI=1S/C19H17ClFN7O/c1-11(12-3-4-16(21)15(20)5-12)25-19(29)26-18-6-13-7-24-28(17(13)9-22-18)14-8-23-27(2)10-14/h3-11H,1-2H3,(H2,22,25,26,29)/t11-/m1/s1. The molecule has 4 aromatic rings. The number of anilines is 1. The highest BCUT2D eigenvalue weighted by Crippen LogP contribution is 2.22. The Labute approximate surface area is 170 Å². The van der Waals surface area contributed by atoms with Gasteiger partial charge < -0.3 is 5.32 Å². The Morgan fingerprint density at radius 2 is 2.03 bits per heavy atom. The third-order valence-corrected chi connectivity index (χ3v) is 4.71. The number of aromatic nitrogens is 5. The van der Waals surface area contributed by atoms with E-state index in [1.165, 1.54) is 12.1 Å². The lowest BCUT2D eigenvalue weighted by Gasteiger charge is -2.15. The molecule has 4 rings (SSSR count). The molecular weight excluding hydrogens is 397 g/mol. The van der Waals surface area contributed by atoms with Crippen LogP contribution in [0.15, 0.2) is 49.1 Å². The van der Waals surface area contributed by atoms with E-state index in [1.807, 2.05) is 13.2 Å². The average Bonchev–Trinajstić information content (AvgIpc) is 3.29. The van der Waals surface area contributed by atoms with Crippen molar-refractivity contribution >= 4 is 34.4 Å². The second kappa shape index (κ2) is 7.51. The van der Waals surface area contributed by atoms with E-state index in [0.29, 0.717) is 11.4 Å². The molecule has 148 valence electrons. The SMILES string of the molecule is C[C@@H](NC(=O)Nc1cc2cnn(-c3cnn(C)c3)c2cn1)c1ccc(F)c(Cl)c1. The molecule has 0 saturated heterocycles. The average molecular weight is 414 g/mol. The molecule has 1 atom stereocenters. The van der Waals surface area contributed by atoms with E-state index in [-0.39, 0.29) is 11.1 Å². The van der Waals surface area contributed by atoms with E-state index in [2.05, 4.69) is 25.8 Å². The van der Waals surface area contributed by atoms with Gasteiger partial charge in [-0.1, -0.05) is 17.7 Å². The maximum atomic E-state index is 13.3. The molecule has 3 aromatic heterocycles. The van der Waals surface area contributed by atoms with E-state index >= 15 is 0 Å².